The molecule has 2 aromatic carbocycles. The van der Waals surface area contributed by atoms with E-state index < -0.39 is 36.6 Å². The number of carbonyl (C=O) groups excluding carboxylic acids is 2. The van der Waals surface area contributed by atoms with Gasteiger partial charge in [0.1, 0.15) is 12.4 Å². The summed E-state index contributed by atoms with van der Waals surface area (Å²) in [6.45, 7) is 1.02. The fraction of sp³-hybridized carbons (Fsp3) is 0.273. The molecule has 1 aliphatic heterocycles. The molecule has 1 aliphatic rings. The lowest BCUT2D eigenvalue weighted by molar-refractivity contribution is -0.148. The Morgan fingerprint density at radius 1 is 1.06 bits per heavy atom. The molecule has 0 saturated carbocycles. The van der Waals surface area contributed by atoms with Gasteiger partial charge in [0.05, 0.1) is 0 Å². The second-order valence-corrected chi connectivity index (χ2v) is 7.29. The number of carbonyl (C=O) groups is 2. The molecule has 9 nitrogen and oxygen atoms in total. The van der Waals surface area contributed by atoms with E-state index in [4.69, 9.17) is 9.15 Å². The van der Waals surface area contributed by atoms with E-state index in [0.29, 0.717) is 11.3 Å². The third kappa shape index (κ3) is 5.20. The maximum Gasteiger partial charge on any atom is 0.437 e. The number of rotatable bonds is 7. The number of anilines is 2. The molecule has 1 amide bonds. The van der Waals surface area contributed by atoms with Gasteiger partial charge in [-0.3, -0.25) is 9.59 Å². The van der Waals surface area contributed by atoms with Gasteiger partial charge in [0, 0.05) is 30.0 Å². The molecule has 4 rings (SSSR count). The quantitative estimate of drug-likeness (QED) is 0.563. The molecule has 1 aromatic heterocycles. The molecule has 10 heteroatoms. The molecular weight excluding hydrogens is 419 g/mol. The maximum atomic E-state index is 13.0. The predicted molar refractivity (Wildman–Crippen MR) is 114 cm³/mol. The lowest BCUT2D eigenvalue weighted by Gasteiger charge is -2.17. The molecule has 166 valence electrons. The van der Waals surface area contributed by atoms with Crippen LogP contribution in [0.25, 0.3) is 11.5 Å². The Morgan fingerprint density at radius 3 is 2.44 bits per heavy atom. The van der Waals surface area contributed by atoms with Gasteiger partial charge in [0.25, 0.3) is 5.91 Å². The summed E-state index contributed by atoms with van der Waals surface area (Å²) in [5, 5.41) is 6.55. The van der Waals surface area contributed by atoms with Gasteiger partial charge in [-0.2, -0.15) is 4.68 Å². The topological polar surface area (TPSA) is 107 Å². The first-order valence-corrected chi connectivity index (χ1v) is 10.1. The summed E-state index contributed by atoms with van der Waals surface area (Å²) in [5.41, 5.74) is 2.07. The zero-order valence-electron chi connectivity index (χ0n) is 17.1. The Labute approximate surface area is 182 Å². The van der Waals surface area contributed by atoms with E-state index in [2.05, 4.69) is 15.3 Å². The van der Waals surface area contributed by atoms with Gasteiger partial charge >= 0.3 is 11.7 Å². The van der Waals surface area contributed by atoms with Gasteiger partial charge in [-0.25, -0.2) is 9.18 Å². The van der Waals surface area contributed by atoms with E-state index in [0.717, 1.165) is 23.5 Å². The van der Waals surface area contributed by atoms with Gasteiger partial charge < -0.3 is 19.4 Å². The molecule has 3 aromatic rings. The monoisotopic (exact) mass is 440 g/mol. The number of amides is 1. The SMILES string of the molecule is O=C(COC(=O)Cn1nc(-c2ccc(F)cc2)oc1=O)Nc1ccc(N2CCCC2)cc1. The zero-order valence-corrected chi connectivity index (χ0v) is 17.1. The highest BCUT2D eigenvalue weighted by Crippen LogP contribution is 2.22. The number of halogens is 1. The third-order valence-corrected chi connectivity index (χ3v) is 4.96. The molecule has 0 radical (unpaired) electrons. The minimum absolute atomic E-state index is 0.0575. The number of aromatic nitrogens is 2. The summed E-state index contributed by atoms with van der Waals surface area (Å²) in [6.07, 6.45) is 2.36. The van der Waals surface area contributed by atoms with Crippen molar-refractivity contribution in [1.29, 1.82) is 0 Å². The Bertz CT molecular complexity index is 1150. The number of hydrogen-bond donors (Lipinski definition) is 1. The van der Waals surface area contributed by atoms with Crippen molar-refractivity contribution in [3.8, 4) is 11.5 Å². The van der Waals surface area contributed by atoms with Gasteiger partial charge in [-0.1, -0.05) is 0 Å². The first kappa shape index (κ1) is 21.3. The number of hydrogen-bond acceptors (Lipinski definition) is 7. The van der Waals surface area contributed by atoms with Crippen LogP contribution in [0.1, 0.15) is 12.8 Å². The number of benzene rings is 2. The third-order valence-electron chi connectivity index (χ3n) is 4.96. The van der Waals surface area contributed by atoms with Crippen molar-refractivity contribution in [2.75, 3.05) is 29.9 Å². The summed E-state index contributed by atoms with van der Waals surface area (Å²) in [4.78, 5) is 38.2. The average Bonchev–Trinajstić information content (AvgIpc) is 3.44. The van der Waals surface area contributed by atoms with E-state index >= 15 is 0 Å². The largest absolute Gasteiger partial charge is 0.454 e. The van der Waals surface area contributed by atoms with Crippen LogP contribution >= 0.6 is 0 Å². The fourth-order valence-electron chi connectivity index (χ4n) is 3.36. The minimum Gasteiger partial charge on any atom is -0.454 e. The Balaban J connectivity index is 1.27. The normalized spacial score (nSPS) is 13.2. The van der Waals surface area contributed by atoms with E-state index in [1.54, 1.807) is 12.1 Å². The molecule has 2 heterocycles. The highest BCUT2D eigenvalue weighted by Gasteiger charge is 2.16. The fourth-order valence-corrected chi connectivity index (χ4v) is 3.36. The summed E-state index contributed by atoms with van der Waals surface area (Å²) in [7, 11) is 0. The van der Waals surface area contributed by atoms with Gasteiger partial charge in [0.15, 0.2) is 6.61 Å². The molecule has 0 atom stereocenters. The number of ether oxygens (including phenoxy) is 1. The molecule has 0 unspecified atom stereocenters. The van der Waals surface area contributed by atoms with E-state index in [9.17, 15) is 18.8 Å². The molecule has 1 N–H and O–H groups in total. The van der Waals surface area contributed by atoms with Crippen LogP contribution in [0.15, 0.2) is 57.7 Å². The van der Waals surface area contributed by atoms with Gasteiger partial charge in [-0.05, 0) is 61.4 Å². The molecule has 0 aliphatic carbocycles. The summed E-state index contributed by atoms with van der Waals surface area (Å²) < 4.78 is 23.7. The smallest absolute Gasteiger partial charge is 0.437 e. The lowest BCUT2D eigenvalue weighted by Crippen LogP contribution is -2.26. The van der Waals surface area contributed by atoms with Crippen molar-refractivity contribution in [3.63, 3.8) is 0 Å². The Morgan fingerprint density at radius 2 is 1.75 bits per heavy atom. The maximum absolute atomic E-state index is 13.0. The van der Waals surface area contributed by atoms with E-state index in [-0.39, 0.29) is 5.89 Å². The van der Waals surface area contributed by atoms with Crippen molar-refractivity contribution in [2.45, 2.75) is 19.4 Å². The number of esters is 1. The second kappa shape index (κ2) is 9.46. The minimum atomic E-state index is -0.871. The summed E-state index contributed by atoms with van der Waals surface area (Å²) >= 11 is 0. The van der Waals surface area contributed by atoms with Crippen molar-refractivity contribution >= 4 is 23.3 Å². The Hall–Kier alpha value is -3.95. The average molecular weight is 440 g/mol. The van der Waals surface area contributed by atoms with E-state index in [1.807, 2.05) is 12.1 Å². The lowest BCUT2D eigenvalue weighted by atomic mass is 10.2. The number of nitrogens with one attached hydrogen (secondary N) is 1. The van der Waals surface area contributed by atoms with Gasteiger partial charge in [0.2, 0.25) is 5.89 Å². The van der Waals surface area contributed by atoms with Crippen LogP contribution in [0.3, 0.4) is 0 Å². The summed E-state index contributed by atoms with van der Waals surface area (Å²) in [6, 6.07) is 12.6. The van der Waals surface area contributed by atoms with E-state index in [1.165, 1.54) is 37.1 Å². The van der Waals surface area contributed by atoms with Crippen LogP contribution in [-0.4, -0.2) is 41.4 Å². The first-order valence-electron chi connectivity index (χ1n) is 10.1. The standard InChI is InChI=1S/C22H21FN4O5/c23-16-5-3-15(4-6-16)21-25-27(22(30)32-21)13-20(29)31-14-19(28)24-17-7-9-18(10-8-17)26-11-1-2-12-26/h3-10H,1-2,11-14H2,(H,24,28). The molecular formula is C22H21FN4O5. The van der Waals surface area contributed by atoms with Crippen molar-refractivity contribution in [3.05, 3.63) is 64.9 Å². The second-order valence-electron chi connectivity index (χ2n) is 7.29. The highest BCUT2D eigenvalue weighted by molar-refractivity contribution is 5.92. The molecule has 0 bridgehead atoms. The first-order chi connectivity index (χ1) is 15.5. The summed E-state index contributed by atoms with van der Waals surface area (Å²) in [5.74, 6) is -2.71. The molecule has 32 heavy (non-hydrogen) atoms. The van der Waals surface area contributed by atoms with Crippen molar-refractivity contribution < 1.29 is 23.1 Å². The van der Waals surface area contributed by atoms with Crippen LogP contribution in [-0.2, 0) is 20.9 Å². The van der Waals surface area contributed by atoms with Gasteiger partial charge in [-0.15, -0.1) is 5.10 Å². The highest BCUT2D eigenvalue weighted by atomic mass is 19.1. The molecule has 1 saturated heterocycles. The number of nitrogens with zero attached hydrogens (tertiary/aromatic N) is 3. The zero-order chi connectivity index (χ0) is 22.5. The van der Waals surface area contributed by atoms with Crippen LogP contribution in [0.2, 0.25) is 0 Å². The van der Waals surface area contributed by atoms with Crippen LogP contribution < -0.4 is 16.0 Å². The van der Waals surface area contributed by atoms with Crippen LogP contribution in [0.5, 0.6) is 0 Å². The van der Waals surface area contributed by atoms with Crippen LogP contribution in [0.4, 0.5) is 15.8 Å². The van der Waals surface area contributed by atoms with Crippen LogP contribution in [0, 0.1) is 5.82 Å². The van der Waals surface area contributed by atoms with Crippen molar-refractivity contribution in [2.24, 2.45) is 0 Å². The molecule has 1 fully saturated rings. The van der Waals surface area contributed by atoms with Crippen molar-refractivity contribution in [1.82, 2.24) is 9.78 Å². The Kier molecular flexibility index (Phi) is 6.29. The predicted octanol–water partition coefficient (Wildman–Crippen LogP) is 2.42. The molecule has 0 spiro atoms.